The zero-order valence-corrected chi connectivity index (χ0v) is 15.2. The summed E-state index contributed by atoms with van der Waals surface area (Å²) in [5.74, 6) is 2.23. The molecule has 1 aromatic heterocycles. The Morgan fingerprint density at radius 1 is 1.29 bits per heavy atom. The Kier molecular flexibility index (Phi) is 5.25. The van der Waals surface area contributed by atoms with Gasteiger partial charge in [0.05, 0.1) is 12.3 Å². The van der Waals surface area contributed by atoms with Crippen molar-refractivity contribution in [2.45, 2.75) is 33.2 Å². The summed E-state index contributed by atoms with van der Waals surface area (Å²) in [5.41, 5.74) is 2.17. The molecule has 0 N–H and O–H groups in total. The SMILES string of the molecule is COC[C@@H]1CN(C)C(=O)[C@H]2CCN(Cc3c(C)noc3C)CC[C@@H]12. The summed E-state index contributed by atoms with van der Waals surface area (Å²) in [6, 6.07) is 0. The van der Waals surface area contributed by atoms with Gasteiger partial charge in [0.2, 0.25) is 5.91 Å². The lowest BCUT2D eigenvalue weighted by Gasteiger charge is -2.40. The van der Waals surface area contributed by atoms with Crippen molar-refractivity contribution in [3.63, 3.8) is 0 Å². The second-order valence-corrected chi connectivity index (χ2v) is 7.36. The fraction of sp³-hybridized carbons (Fsp3) is 0.778. The van der Waals surface area contributed by atoms with Crippen LogP contribution in [0.1, 0.15) is 29.9 Å². The van der Waals surface area contributed by atoms with E-state index in [1.807, 2.05) is 25.8 Å². The molecule has 3 heterocycles. The largest absolute Gasteiger partial charge is 0.384 e. The van der Waals surface area contributed by atoms with Crippen molar-refractivity contribution < 1.29 is 14.1 Å². The number of fused-ring (bicyclic) bond motifs is 1. The molecular weight excluding hydrogens is 306 g/mol. The van der Waals surface area contributed by atoms with E-state index >= 15 is 0 Å². The quantitative estimate of drug-likeness (QED) is 0.840. The Labute approximate surface area is 144 Å². The van der Waals surface area contributed by atoms with Crippen LogP contribution in [0.15, 0.2) is 4.52 Å². The number of carbonyl (C=O) groups is 1. The van der Waals surface area contributed by atoms with Crippen molar-refractivity contribution >= 4 is 5.91 Å². The van der Waals surface area contributed by atoms with Gasteiger partial charge in [-0.3, -0.25) is 9.69 Å². The number of likely N-dealkylation sites (tertiary alicyclic amines) is 2. The van der Waals surface area contributed by atoms with Gasteiger partial charge in [-0.2, -0.15) is 0 Å². The van der Waals surface area contributed by atoms with E-state index in [1.54, 1.807) is 7.11 Å². The predicted molar refractivity (Wildman–Crippen MR) is 90.5 cm³/mol. The molecule has 1 amide bonds. The lowest BCUT2D eigenvalue weighted by Crippen LogP contribution is -2.49. The molecule has 24 heavy (non-hydrogen) atoms. The van der Waals surface area contributed by atoms with Gasteiger partial charge in [-0.25, -0.2) is 0 Å². The van der Waals surface area contributed by atoms with Crippen LogP contribution < -0.4 is 0 Å². The highest BCUT2D eigenvalue weighted by Gasteiger charge is 2.42. The molecular formula is C18H29N3O3. The van der Waals surface area contributed by atoms with Gasteiger partial charge in [-0.05, 0) is 45.7 Å². The summed E-state index contributed by atoms with van der Waals surface area (Å²) < 4.78 is 10.7. The van der Waals surface area contributed by atoms with Gasteiger partial charge in [-0.15, -0.1) is 0 Å². The molecule has 0 unspecified atom stereocenters. The number of aryl methyl sites for hydroxylation is 2. The Hall–Kier alpha value is -1.40. The van der Waals surface area contributed by atoms with Crippen LogP contribution in [-0.4, -0.2) is 61.3 Å². The molecule has 0 aliphatic carbocycles. The zero-order chi connectivity index (χ0) is 17.3. The molecule has 2 aliphatic heterocycles. The molecule has 2 aliphatic rings. The monoisotopic (exact) mass is 335 g/mol. The first-order chi connectivity index (χ1) is 11.5. The maximum Gasteiger partial charge on any atom is 0.225 e. The lowest BCUT2D eigenvalue weighted by molar-refractivity contribution is -0.143. The van der Waals surface area contributed by atoms with Crippen molar-refractivity contribution in [3.8, 4) is 0 Å². The summed E-state index contributed by atoms with van der Waals surface area (Å²) in [4.78, 5) is 17.0. The summed E-state index contributed by atoms with van der Waals surface area (Å²) >= 11 is 0. The van der Waals surface area contributed by atoms with Crippen molar-refractivity contribution in [2.75, 3.05) is 40.4 Å². The van der Waals surface area contributed by atoms with Crippen molar-refractivity contribution in [3.05, 3.63) is 17.0 Å². The summed E-state index contributed by atoms with van der Waals surface area (Å²) in [6.07, 6.45) is 1.99. The summed E-state index contributed by atoms with van der Waals surface area (Å²) in [7, 11) is 3.68. The minimum absolute atomic E-state index is 0.138. The molecule has 134 valence electrons. The number of ether oxygens (including phenoxy) is 1. The number of rotatable bonds is 4. The smallest absolute Gasteiger partial charge is 0.225 e. The molecule has 0 radical (unpaired) electrons. The van der Waals surface area contributed by atoms with Crippen molar-refractivity contribution in [1.29, 1.82) is 0 Å². The highest BCUT2D eigenvalue weighted by molar-refractivity contribution is 5.79. The van der Waals surface area contributed by atoms with Gasteiger partial charge in [0, 0.05) is 44.6 Å². The van der Waals surface area contributed by atoms with Gasteiger partial charge < -0.3 is 14.2 Å². The van der Waals surface area contributed by atoms with E-state index in [-0.39, 0.29) is 5.92 Å². The molecule has 2 saturated heterocycles. The highest BCUT2D eigenvalue weighted by Crippen LogP contribution is 2.36. The first kappa shape index (κ1) is 17.4. The van der Waals surface area contributed by atoms with E-state index in [9.17, 15) is 4.79 Å². The number of aromatic nitrogens is 1. The third kappa shape index (κ3) is 3.35. The first-order valence-corrected chi connectivity index (χ1v) is 8.89. The standard InChI is InChI=1S/C18H29N3O3/c1-12-17(13(2)24-19-12)10-21-7-5-15-14(11-23-4)9-20(3)18(22)16(15)6-8-21/h14-16H,5-11H2,1-4H3/t14-,15-,16-/m0/s1. The highest BCUT2D eigenvalue weighted by atomic mass is 16.5. The lowest BCUT2D eigenvalue weighted by atomic mass is 9.75. The van der Waals surface area contributed by atoms with Crippen LogP contribution in [0, 0.1) is 31.6 Å². The minimum atomic E-state index is 0.138. The fourth-order valence-electron chi connectivity index (χ4n) is 4.41. The molecule has 0 spiro atoms. The average molecular weight is 335 g/mol. The average Bonchev–Trinajstić information content (AvgIpc) is 2.76. The van der Waals surface area contributed by atoms with Crippen LogP contribution in [0.25, 0.3) is 0 Å². The van der Waals surface area contributed by atoms with Crippen LogP contribution >= 0.6 is 0 Å². The number of methoxy groups -OCH3 is 1. The predicted octanol–water partition coefficient (Wildman–Crippen LogP) is 1.85. The molecule has 0 aromatic carbocycles. The third-order valence-electron chi connectivity index (χ3n) is 5.80. The summed E-state index contributed by atoms with van der Waals surface area (Å²) in [5, 5.41) is 4.06. The zero-order valence-electron chi connectivity index (χ0n) is 15.2. The maximum absolute atomic E-state index is 12.6. The second-order valence-electron chi connectivity index (χ2n) is 7.36. The number of amides is 1. The molecule has 6 nitrogen and oxygen atoms in total. The molecule has 6 heteroatoms. The maximum atomic E-state index is 12.6. The molecule has 1 aromatic rings. The third-order valence-corrected chi connectivity index (χ3v) is 5.80. The van der Waals surface area contributed by atoms with E-state index in [2.05, 4.69) is 10.1 Å². The van der Waals surface area contributed by atoms with Gasteiger partial charge in [0.1, 0.15) is 5.76 Å². The summed E-state index contributed by atoms with van der Waals surface area (Å²) in [6.45, 7) is 8.35. The number of hydrogen-bond acceptors (Lipinski definition) is 5. The Bertz CT molecular complexity index is 567. The topological polar surface area (TPSA) is 58.8 Å². The van der Waals surface area contributed by atoms with Gasteiger partial charge in [0.15, 0.2) is 0 Å². The molecule has 0 saturated carbocycles. The number of piperidine rings is 1. The number of nitrogens with zero attached hydrogens (tertiary/aromatic N) is 3. The fourth-order valence-corrected chi connectivity index (χ4v) is 4.41. The molecule has 3 rings (SSSR count). The molecule has 0 bridgehead atoms. The Balaban J connectivity index is 1.72. The van der Waals surface area contributed by atoms with Crippen molar-refractivity contribution in [1.82, 2.24) is 15.0 Å². The van der Waals surface area contributed by atoms with Gasteiger partial charge in [-0.1, -0.05) is 5.16 Å². The van der Waals surface area contributed by atoms with Crippen LogP contribution in [0.3, 0.4) is 0 Å². The molecule has 2 fully saturated rings. The first-order valence-electron chi connectivity index (χ1n) is 8.89. The number of hydrogen-bond donors (Lipinski definition) is 0. The normalized spacial score (nSPS) is 28.8. The van der Waals surface area contributed by atoms with E-state index in [0.717, 1.165) is 57.1 Å². The Morgan fingerprint density at radius 2 is 2.04 bits per heavy atom. The van der Waals surface area contributed by atoms with Crippen LogP contribution in [0.5, 0.6) is 0 Å². The van der Waals surface area contributed by atoms with Crippen LogP contribution in [0.4, 0.5) is 0 Å². The van der Waals surface area contributed by atoms with E-state index < -0.39 is 0 Å². The Morgan fingerprint density at radius 3 is 2.71 bits per heavy atom. The van der Waals surface area contributed by atoms with Gasteiger partial charge >= 0.3 is 0 Å². The second kappa shape index (κ2) is 7.23. The minimum Gasteiger partial charge on any atom is -0.384 e. The molecule has 3 atom stereocenters. The van der Waals surface area contributed by atoms with Crippen LogP contribution in [-0.2, 0) is 16.1 Å². The van der Waals surface area contributed by atoms with Gasteiger partial charge in [0.25, 0.3) is 0 Å². The number of carbonyl (C=O) groups excluding carboxylic acids is 1. The van der Waals surface area contributed by atoms with E-state index in [1.165, 1.54) is 5.56 Å². The van der Waals surface area contributed by atoms with Crippen molar-refractivity contribution in [2.24, 2.45) is 17.8 Å². The van der Waals surface area contributed by atoms with E-state index in [4.69, 9.17) is 9.26 Å². The van der Waals surface area contributed by atoms with Crippen LogP contribution in [0.2, 0.25) is 0 Å². The van der Waals surface area contributed by atoms with E-state index in [0.29, 0.717) is 17.7 Å².